The van der Waals surface area contributed by atoms with Gasteiger partial charge in [0.1, 0.15) is 4.88 Å². The van der Waals surface area contributed by atoms with Crippen molar-refractivity contribution in [2.75, 3.05) is 0 Å². The van der Waals surface area contributed by atoms with Crippen molar-refractivity contribution >= 4 is 50.3 Å². The average molecular weight is 288 g/mol. The predicted molar refractivity (Wildman–Crippen MR) is 72.5 cm³/mol. The van der Waals surface area contributed by atoms with Crippen LogP contribution in [0.3, 0.4) is 0 Å². The van der Waals surface area contributed by atoms with Crippen molar-refractivity contribution in [3.05, 3.63) is 49.3 Å². The van der Waals surface area contributed by atoms with Crippen LogP contribution in [0, 0.1) is 10.1 Å². The third kappa shape index (κ3) is 2.16. The third-order valence-electron chi connectivity index (χ3n) is 2.29. The number of nitrogens with zero attached hydrogens (tertiary/aromatic N) is 1. The molecule has 0 aliphatic carbocycles. The summed E-state index contributed by atoms with van der Waals surface area (Å²) in [7, 11) is 0. The predicted octanol–water partition coefficient (Wildman–Crippen LogP) is 4.85. The molecule has 0 saturated heterocycles. The van der Waals surface area contributed by atoms with Crippen LogP contribution in [0.25, 0.3) is 15.8 Å². The second-order valence-electron chi connectivity index (χ2n) is 3.32. The zero-order chi connectivity index (χ0) is 12.6. The van der Waals surface area contributed by atoms with E-state index in [0.29, 0.717) is 14.9 Å². The van der Waals surface area contributed by atoms with Gasteiger partial charge in [-0.3, -0.25) is 10.1 Å². The van der Waals surface area contributed by atoms with Crippen molar-refractivity contribution in [3.63, 3.8) is 0 Å². The number of benzene rings is 1. The lowest BCUT2D eigenvalue weighted by Crippen LogP contribution is -1.95. The molecule has 0 aliphatic heterocycles. The zero-order valence-corrected chi connectivity index (χ0v) is 11.1. The van der Waals surface area contributed by atoms with Gasteiger partial charge in [0.15, 0.2) is 0 Å². The normalized spacial score (nSPS) is 12.1. The van der Waals surface area contributed by atoms with E-state index in [4.69, 9.17) is 23.2 Å². The van der Waals surface area contributed by atoms with Crippen LogP contribution >= 0.6 is 34.5 Å². The van der Waals surface area contributed by atoms with E-state index in [-0.39, 0.29) is 5.70 Å². The monoisotopic (exact) mass is 287 g/mol. The Hall–Kier alpha value is -1.10. The Balaban J connectivity index is 2.72. The highest BCUT2D eigenvalue weighted by Gasteiger charge is 2.21. The van der Waals surface area contributed by atoms with E-state index in [1.54, 1.807) is 19.1 Å². The largest absolute Gasteiger partial charge is 0.283 e. The fourth-order valence-corrected chi connectivity index (χ4v) is 3.24. The maximum atomic E-state index is 10.9. The molecule has 0 N–H and O–H groups in total. The highest BCUT2D eigenvalue weighted by atomic mass is 35.5. The number of halogens is 2. The van der Waals surface area contributed by atoms with Crippen molar-refractivity contribution < 1.29 is 4.92 Å². The maximum Gasteiger partial charge on any atom is 0.283 e. The standard InChI is InChI=1S/C11H7Cl2NO2S/c1-2-8(14(15)16)11-10(13)7-5-6(12)3-4-9(7)17-11/h2-5H,1H3/b8-2+. The summed E-state index contributed by atoms with van der Waals surface area (Å²) in [5.74, 6) is 0. The smallest absolute Gasteiger partial charge is 0.258 e. The Morgan fingerprint density at radius 3 is 2.76 bits per heavy atom. The molecule has 1 heterocycles. The number of fused-ring (bicyclic) bond motifs is 1. The topological polar surface area (TPSA) is 43.1 Å². The van der Waals surface area contributed by atoms with E-state index in [9.17, 15) is 10.1 Å². The van der Waals surface area contributed by atoms with Gasteiger partial charge in [0.05, 0.1) is 9.95 Å². The molecule has 0 radical (unpaired) electrons. The number of allylic oxidation sites excluding steroid dienone is 1. The number of thiophene rings is 1. The van der Waals surface area contributed by atoms with E-state index in [1.807, 2.05) is 6.07 Å². The maximum absolute atomic E-state index is 10.9. The Labute approximate surface area is 111 Å². The van der Waals surface area contributed by atoms with E-state index in [1.165, 1.54) is 17.4 Å². The molecule has 88 valence electrons. The molecule has 0 bridgehead atoms. The number of rotatable bonds is 2. The molecule has 0 atom stereocenters. The van der Waals surface area contributed by atoms with Crippen LogP contribution in [0.1, 0.15) is 11.8 Å². The van der Waals surface area contributed by atoms with Gasteiger partial charge in [-0.1, -0.05) is 23.2 Å². The molecule has 0 spiro atoms. The molecular formula is C11H7Cl2NO2S. The second-order valence-corrected chi connectivity index (χ2v) is 5.18. The van der Waals surface area contributed by atoms with Gasteiger partial charge >= 0.3 is 0 Å². The van der Waals surface area contributed by atoms with E-state index in [2.05, 4.69) is 0 Å². The average Bonchev–Trinajstić information content (AvgIpc) is 2.58. The first-order valence-electron chi connectivity index (χ1n) is 4.73. The first-order chi connectivity index (χ1) is 8.04. The Bertz CT molecular complexity index is 634. The van der Waals surface area contributed by atoms with Gasteiger partial charge < -0.3 is 0 Å². The molecule has 1 aromatic heterocycles. The highest BCUT2D eigenvalue weighted by molar-refractivity contribution is 7.20. The summed E-state index contributed by atoms with van der Waals surface area (Å²) < 4.78 is 0.885. The molecule has 0 saturated carbocycles. The van der Waals surface area contributed by atoms with Crippen LogP contribution in [-0.2, 0) is 0 Å². The SMILES string of the molecule is C/C=C(\c1sc2ccc(Cl)cc2c1Cl)[N+](=O)[O-]. The molecule has 2 aromatic rings. The lowest BCUT2D eigenvalue weighted by molar-refractivity contribution is -0.375. The van der Waals surface area contributed by atoms with E-state index < -0.39 is 4.92 Å². The number of hydrogen-bond acceptors (Lipinski definition) is 3. The van der Waals surface area contributed by atoms with Gasteiger partial charge in [-0.15, -0.1) is 11.3 Å². The summed E-state index contributed by atoms with van der Waals surface area (Å²) >= 11 is 13.3. The third-order valence-corrected chi connectivity index (χ3v) is 4.23. The fourth-order valence-electron chi connectivity index (χ4n) is 1.52. The Morgan fingerprint density at radius 1 is 1.47 bits per heavy atom. The lowest BCUT2D eigenvalue weighted by atomic mass is 10.2. The molecule has 0 unspecified atom stereocenters. The van der Waals surface area contributed by atoms with E-state index >= 15 is 0 Å². The number of nitro groups is 1. The van der Waals surface area contributed by atoms with Crippen LogP contribution in [0.4, 0.5) is 0 Å². The minimum absolute atomic E-state index is 0.0207. The van der Waals surface area contributed by atoms with Crippen molar-refractivity contribution in [2.24, 2.45) is 0 Å². The lowest BCUT2D eigenvalue weighted by Gasteiger charge is -1.94. The van der Waals surface area contributed by atoms with Gasteiger partial charge in [-0.25, -0.2) is 0 Å². The Kier molecular flexibility index (Phi) is 3.38. The van der Waals surface area contributed by atoms with Crippen molar-refractivity contribution in [3.8, 4) is 0 Å². The summed E-state index contributed by atoms with van der Waals surface area (Å²) in [6, 6.07) is 5.26. The first-order valence-corrected chi connectivity index (χ1v) is 6.30. The molecule has 17 heavy (non-hydrogen) atoms. The fraction of sp³-hybridized carbons (Fsp3) is 0.0909. The summed E-state index contributed by atoms with van der Waals surface area (Å²) in [5.41, 5.74) is 0.0207. The minimum atomic E-state index is -0.432. The van der Waals surface area contributed by atoms with Crippen LogP contribution in [-0.4, -0.2) is 4.92 Å². The molecule has 0 amide bonds. The molecule has 0 fully saturated rings. The van der Waals surface area contributed by atoms with Gasteiger partial charge in [0.2, 0.25) is 0 Å². The molecular weight excluding hydrogens is 281 g/mol. The van der Waals surface area contributed by atoms with Gasteiger partial charge in [-0.05, 0) is 31.2 Å². The van der Waals surface area contributed by atoms with E-state index in [0.717, 1.165) is 10.1 Å². The van der Waals surface area contributed by atoms with Gasteiger partial charge in [-0.2, -0.15) is 0 Å². The molecule has 2 rings (SSSR count). The highest BCUT2D eigenvalue weighted by Crippen LogP contribution is 2.40. The molecule has 1 aromatic carbocycles. The zero-order valence-electron chi connectivity index (χ0n) is 8.74. The van der Waals surface area contributed by atoms with Crippen molar-refractivity contribution in [1.82, 2.24) is 0 Å². The van der Waals surface area contributed by atoms with Crippen molar-refractivity contribution in [1.29, 1.82) is 0 Å². The summed E-state index contributed by atoms with van der Waals surface area (Å²) in [5, 5.41) is 12.6. The molecule has 0 aliphatic rings. The summed E-state index contributed by atoms with van der Waals surface area (Å²) in [4.78, 5) is 10.9. The van der Waals surface area contributed by atoms with Crippen LogP contribution in [0.2, 0.25) is 10.0 Å². The quantitative estimate of drug-likeness (QED) is 0.586. The van der Waals surface area contributed by atoms with Crippen LogP contribution in [0.5, 0.6) is 0 Å². The van der Waals surface area contributed by atoms with Gasteiger partial charge in [0.25, 0.3) is 5.70 Å². The molecule has 3 nitrogen and oxygen atoms in total. The first kappa shape index (κ1) is 12.4. The minimum Gasteiger partial charge on any atom is -0.258 e. The second kappa shape index (κ2) is 4.64. The summed E-state index contributed by atoms with van der Waals surface area (Å²) in [6.45, 7) is 1.62. The molecule has 6 heteroatoms. The van der Waals surface area contributed by atoms with Crippen LogP contribution in [0.15, 0.2) is 24.3 Å². The summed E-state index contributed by atoms with van der Waals surface area (Å²) in [6.07, 6.45) is 1.44. The number of hydrogen-bond donors (Lipinski definition) is 0. The Morgan fingerprint density at radius 2 is 2.18 bits per heavy atom. The van der Waals surface area contributed by atoms with Gasteiger partial charge in [0, 0.05) is 15.1 Å². The van der Waals surface area contributed by atoms with Crippen LogP contribution < -0.4 is 0 Å². The van der Waals surface area contributed by atoms with Crippen molar-refractivity contribution in [2.45, 2.75) is 6.92 Å².